The van der Waals surface area contributed by atoms with Crippen LogP contribution >= 0.6 is 0 Å². The van der Waals surface area contributed by atoms with Crippen molar-refractivity contribution in [1.82, 2.24) is 4.98 Å². The molecule has 1 atom stereocenters. The molecule has 1 unspecified atom stereocenters. The zero-order valence-corrected chi connectivity index (χ0v) is 7.41. The lowest BCUT2D eigenvalue weighted by Gasteiger charge is -2.08. The highest BCUT2D eigenvalue weighted by atomic mass is 16.3. The van der Waals surface area contributed by atoms with Crippen molar-refractivity contribution in [2.24, 2.45) is 0 Å². The van der Waals surface area contributed by atoms with E-state index < -0.39 is 0 Å². The first kappa shape index (κ1) is 9.00. The van der Waals surface area contributed by atoms with Gasteiger partial charge in [0.2, 0.25) is 0 Å². The number of hydrogen-bond donors (Lipinski definition) is 2. The van der Waals surface area contributed by atoms with E-state index in [1.165, 1.54) is 0 Å². The van der Waals surface area contributed by atoms with Gasteiger partial charge in [0, 0.05) is 6.20 Å². The first-order chi connectivity index (χ1) is 5.61. The molecule has 3 N–H and O–H groups in total. The SMILES string of the molecule is Cc1c(CC(C)O)ccnc1N. The number of aromatic nitrogens is 1. The fraction of sp³-hybridized carbons (Fsp3) is 0.444. The Kier molecular flexibility index (Phi) is 2.65. The quantitative estimate of drug-likeness (QED) is 0.686. The molecule has 1 heterocycles. The van der Waals surface area contributed by atoms with Crippen LogP contribution in [0.25, 0.3) is 0 Å². The standard InChI is InChI=1S/C9H14N2O/c1-6(12)5-8-3-4-11-9(10)7(8)2/h3-4,6,12H,5H2,1-2H3,(H2,10,11). The zero-order chi connectivity index (χ0) is 9.14. The fourth-order valence-corrected chi connectivity index (χ4v) is 1.13. The second-order valence-corrected chi connectivity index (χ2v) is 3.03. The van der Waals surface area contributed by atoms with Crippen molar-refractivity contribution in [1.29, 1.82) is 0 Å². The number of hydrogen-bond acceptors (Lipinski definition) is 3. The van der Waals surface area contributed by atoms with Gasteiger partial charge in [0.25, 0.3) is 0 Å². The maximum Gasteiger partial charge on any atom is 0.126 e. The second kappa shape index (κ2) is 3.54. The van der Waals surface area contributed by atoms with E-state index in [1.807, 2.05) is 13.0 Å². The van der Waals surface area contributed by atoms with Gasteiger partial charge in [0.15, 0.2) is 0 Å². The van der Waals surface area contributed by atoms with Crippen LogP contribution < -0.4 is 5.73 Å². The number of aliphatic hydroxyl groups is 1. The van der Waals surface area contributed by atoms with Crippen LogP contribution in [0.2, 0.25) is 0 Å². The maximum absolute atomic E-state index is 9.16. The third-order valence-corrected chi connectivity index (χ3v) is 1.87. The first-order valence-electron chi connectivity index (χ1n) is 3.99. The maximum atomic E-state index is 9.16. The highest BCUT2D eigenvalue weighted by Gasteiger charge is 2.04. The number of anilines is 1. The molecule has 1 rings (SSSR count). The third kappa shape index (κ3) is 1.95. The van der Waals surface area contributed by atoms with Crippen molar-refractivity contribution in [3.8, 4) is 0 Å². The summed E-state index contributed by atoms with van der Waals surface area (Å²) < 4.78 is 0. The van der Waals surface area contributed by atoms with Crippen molar-refractivity contribution in [3.63, 3.8) is 0 Å². The zero-order valence-electron chi connectivity index (χ0n) is 7.41. The Labute approximate surface area is 72.2 Å². The highest BCUT2D eigenvalue weighted by Crippen LogP contribution is 2.14. The van der Waals surface area contributed by atoms with Gasteiger partial charge in [-0.3, -0.25) is 0 Å². The van der Waals surface area contributed by atoms with Crippen LogP contribution in [0.4, 0.5) is 5.82 Å². The van der Waals surface area contributed by atoms with Crippen molar-refractivity contribution in [2.75, 3.05) is 5.73 Å². The summed E-state index contributed by atoms with van der Waals surface area (Å²) in [6, 6.07) is 1.89. The Hall–Kier alpha value is -1.09. The van der Waals surface area contributed by atoms with Gasteiger partial charge in [0.05, 0.1) is 6.10 Å². The van der Waals surface area contributed by atoms with Crippen molar-refractivity contribution in [3.05, 3.63) is 23.4 Å². The minimum atomic E-state index is -0.328. The van der Waals surface area contributed by atoms with Crippen molar-refractivity contribution in [2.45, 2.75) is 26.4 Å². The van der Waals surface area contributed by atoms with Crippen LogP contribution in [0.3, 0.4) is 0 Å². The molecular weight excluding hydrogens is 152 g/mol. The smallest absolute Gasteiger partial charge is 0.126 e. The molecule has 0 aromatic carbocycles. The highest BCUT2D eigenvalue weighted by molar-refractivity contribution is 5.43. The molecule has 0 aliphatic heterocycles. The van der Waals surface area contributed by atoms with Gasteiger partial charge in [0.1, 0.15) is 5.82 Å². The van der Waals surface area contributed by atoms with Gasteiger partial charge in [-0.05, 0) is 37.5 Å². The molecule has 0 amide bonds. The number of rotatable bonds is 2. The largest absolute Gasteiger partial charge is 0.393 e. The van der Waals surface area contributed by atoms with Gasteiger partial charge in [-0.2, -0.15) is 0 Å². The van der Waals surface area contributed by atoms with Crippen LogP contribution in [-0.2, 0) is 6.42 Å². The molecule has 0 aliphatic carbocycles. The normalized spacial score (nSPS) is 12.9. The van der Waals surface area contributed by atoms with E-state index in [4.69, 9.17) is 10.8 Å². The summed E-state index contributed by atoms with van der Waals surface area (Å²) in [6.07, 6.45) is 1.98. The van der Waals surface area contributed by atoms with E-state index in [1.54, 1.807) is 13.1 Å². The van der Waals surface area contributed by atoms with Gasteiger partial charge in [-0.25, -0.2) is 4.98 Å². The molecule has 0 aliphatic rings. The van der Waals surface area contributed by atoms with Gasteiger partial charge >= 0.3 is 0 Å². The first-order valence-corrected chi connectivity index (χ1v) is 3.99. The summed E-state index contributed by atoms with van der Waals surface area (Å²) in [5.41, 5.74) is 7.64. The Morgan fingerprint density at radius 1 is 1.67 bits per heavy atom. The van der Waals surface area contributed by atoms with Crippen molar-refractivity contribution < 1.29 is 5.11 Å². The molecule has 3 nitrogen and oxygen atoms in total. The van der Waals surface area contributed by atoms with Gasteiger partial charge in [-0.15, -0.1) is 0 Å². The molecular formula is C9H14N2O. The predicted octanol–water partition coefficient (Wildman–Crippen LogP) is 0.896. The summed E-state index contributed by atoms with van der Waals surface area (Å²) in [4.78, 5) is 3.94. The molecule has 0 bridgehead atoms. The molecule has 12 heavy (non-hydrogen) atoms. The van der Waals surface area contributed by atoms with E-state index in [9.17, 15) is 0 Å². The molecule has 0 saturated heterocycles. The van der Waals surface area contributed by atoms with E-state index in [2.05, 4.69) is 4.98 Å². The van der Waals surface area contributed by atoms with Crippen LogP contribution in [-0.4, -0.2) is 16.2 Å². The lowest BCUT2D eigenvalue weighted by Crippen LogP contribution is -2.07. The number of nitrogens with two attached hydrogens (primary N) is 1. The fourth-order valence-electron chi connectivity index (χ4n) is 1.13. The van der Waals surface area contributed by atoms with Crippen LogP contribution in [0.15, 0.2) is 12.3 Å². The van der Waals surface area contributed by atoms with Crippen molar-refractivity contribution >= 4 is 5.82 Å². The van der Waals surface area contributed by atoms with Crippen LogP contribution in [0, 0.1) is 6.92 Å². The molecule has 1 aromatic heterocycles. The Morgan fingerprint density at radius 2 is 2.33 bits per heavy atom. The van der Waals surface area contributed by atoms with E-state index in [0.717, 1.165) is 11.1 Å². The Morgan fingerprint density at radius 3 is 2.92 bits per heavy atom. The molecule has 0 radical (unpaired) electrons. The summed E-state index contributed by atoms with van der Waals surface area (Å²) in [5.74, 6) is 0.549. The Balaban J connectivity index is 2.92. The third-order valence-electron chi connectivity index (χ3n) is 1.87. The molecule has 66 valence electrons. The van der Waals surface area contributed by atoms with E-state index >= 15 is 0 Å². The van der Waals surface area contributed by atoms with E-state index in [0.29, 0.717) is 12.2 Å². The second-order valence-electron chi connectivity index (χ2n) is 3.03. The van der Waals surface area contributed by atoms with E-state index in [-0.39, 0.29) is 6.10 Å². The number of nitrogens with zero attached hydrogens (tertiary/aromatic N) is 1. The topological polar surface area (TPSA) is 59.1 Å². The van der Waals surface area contributed by atoms with Crippen LogP contribution in [0.5, 0.6) is 0 Å². The monoisotopic (exact) mass is 166 g/mol. The summed E-state index contributed by atoms with van der Waals surface area (Å²) in [6.45, 7) is 3.68. The lowest BCUT2D eigenvalue weighted by atomic mass is 10.1. The molecule has 0 saturated carbocycles. The lowest BCUT2D eigenvalue weighted by molar-refractivity contribution is 0.195. The number of nitrogen functional groups attached to an aromatic ring is 1. The Bertz CT molecular complexity index is 271. The molecule has 1 aromatic rings. The van der Waals surface area contributed by atoms with Crippen LogP contribution in [0.1, 0.15) is 18.1 Å². The summed E-state index contributed by atoms with van der Waals surface area (Å²) in [7, 11) is 0. The predicted molar refractivity (Wildman–Crippen MR) is 48.8 cm³/mol. The average Bonchev–Trinajstić information content (AvgIpc) is 1.98. The summed E-state index contributed by atoms with van der Waals surface area (Å²) >= 11 is 0. The molecule has 0 spiro atoms. The molecule has 3 heteroatoms. The minimum Gasteiger partial charge on any atom is -0.393 e. The minimum absolute atomic E-state index is 0.328. The number of pyridine rings is 1. The van der Waals surface area contributed by atoms with Gasteiger partial charge in [-0.1, -0.05) is 0 Å². The molecule has 0 fully saturated rings. The number of aliphatic hydroxyl groups excluding tert-OH is 1. The summed E-state index contributed by atoms with van der Waals surface area (Å²) in [5, 5.41) is 9.16. The average molecular weight is 166 g/mol. The van der Waals surface area contributed by atoms with Gasteiger partial charge < -0.3 is 10.8 Å².